The normalized spacial score (nSPS) is 31.5. The third kappa shape index (κ3) is 2.27. The molecule has 4 heterocycles. The molecule has 3 fully saturated rings. The van der Waals surface area contributed by atoms with E-state index in [0.717, 1.165) is 29.8 Å². The first-order valence-electron chi connectivity index (χ1n) is 6.52. The topological polar surface area (TPSA) is 41.1 Å². The van der Waals surface area contributed by atoms with Crippen LogP contribution in [0.2, 0.25) is 0 Å². The number of nitrogens with one attached hydrogen (secondary N) is 1. The van der Waals surface area contributed by atoms with Crippen LogP contribution in [0.25, 0.3) is 0 Å². The van der Waals surface area contributed by atoms with E-state index in [1.54, 1.807) is 0 Å². The fourth-order valence-corrected chi connectivity index (χ4v) is 3.08. The lowest BCUT2D eigenvalue weighted by molar-refractivity contribution is 0.0972. The fraction of sp³-hybridized carbons (Fsp3) is 0.692. The second kappa shape index (κ2) is 4.26. The van der Waals surface area contributed by atoms with Gasteiger partial charge in [-0.25, -0.2) is 9.97 Å². The van der Waals surface area contributed by atoms with E-state index in [1.165, 1.54) is 25.9 Å². The molecule has 0 amide bonds. The van der Waals surface area contributed by atoms with Crippen molar-refractivity contribution in [1.29, 1.82) is 0 Å². The number of nitrogens with zero attached hydrogens (tertiary/aromatic N) is 3. The second-order valence-corrected chi connectivity index (χ2v) is 5.36. The molecule has 1 atom stereocenters. The highest BCUT2D eigenvalue weighted by molar-refractivity contribution is 5.30. The average molecular weight is 232 g/mol. The van der Waals surface area contributed by atoms with Crippen LogP contribution in [0.5, 0.6) is 0 Å². The van der Waals surface area contributed by atoms with Gasteiger partial charge in [0.25, 0.3) is 0 Å². The van der Waals surface area contributed by atoms with Crippen molar-refractivity contribution in [1.82, 2.24) is 14.9 Å². The Morgan fingerprint density at radius 3 is 2.35 bits per heavy atom. The minimum atomic E-state index is 0.540. The van der Waals surface area contributed by atoms with Crippen LogP contribution in [-0.2, 0) is 0 Å². The van der Waals surface area contributed by atoms with E-state index < -0.39 is 0 Å². The van der Waals surface area contributed by atoms with Gasteiger partial charge < -0.3 is 10.2 Å². The Bertz CT molecular complexity index is 390. The Labute approximate surface area is 102 Å². The first-order chi connectivity index (χ1) is 8.20. The molecule has 1 N–H and O–H groups in total. The molecule has 0 radical (unpaired) electrons. The van der Waals surface area contributed by atoms with Gasteiger partial charge in [0.2, 0.25) is 5.95 Å². The zero-order chi connectivity index (χ0) is 11.8. The third-order valence-corrected chi connectivity index (χ3v) is 3.95. The van der Waals surface area contributed by atoms with Crippen LogP contribution >= 0.6 is 0 Å². The van der Waals surface area contributed by atoms with Crippen molar-refractivity contribution < 1.29 is 0 Å². The number of fused-ring (bicyclic) bond motifs is 3. The predicted molar refractivity (Wildman–Crippen MR) is 68.1 cm³/mol. The number of aryl methyl sites for hydroxylation is 2. The summed E-state index contributed by atoms with van der Waals surface area (Å²) in [6.45, 7) is 7.75. The smallest absolute Gasteiger partial charge is 0.223 e. The number of anilines is 1. The molecule has 1 aromatic rings. The Hall–Kier alpha value is -1.16. The van der Waals surface area contributed by atoms with E-state index in [4.69, 9.17) is 0 Å². The lowest BCUT2D eigenvalue weighted by Crippen LogP contribution is -2.53. The quantitative estimate of drug-likeness (QED) is 0.841. The van der Waals surface area contributed by atoms with Crippen LogP contribution in [0.3, 0.4) is 0 Å². The lowest BCUT2D eigenvalue weighted by Gasteiger charge is -2.44. The minimum absolute atomic E-state index is 0.540. The number of hydrogen-bond donors (Lipinski definition) is 1. The van der Waals surface area contributed by atoms with E-state index in [0.29, 0.717) is 6.04 Å². The van der Waals surface area contributed by atoms with E-state index in [9.17, 15) is 0 Å². The van der Waals surface area contributed by atoms with Crippen LogP contribution in [0.15, 0.2) is 6.07 Å². The summed E-state index contributed by atoms with van der Waals surface area (Å²) < 4.78 is 0. The third-order valence-electron chi connectivity index (χ3n) is 3.95. The van der Waals surface area contributed by atoms with Gasteiger partial charge in [0.15, 0.2) is 0 Å². The van der Waals surface area contributed by atoms with Crippen molar-refractivity contribution in [3.63, 3.8) is 0 Å². The van der Waals surface area contributed by atoms with E-state index in [1.807, 2.05) is 19.9 Å². The standard InChI is InChI=1S/C13H20N4/c1-9-7-10(2)15-13(14-9)16-12-8-17-5-3-11(12)4-6-17/h7,11-12H,3-6,8H2,1-2H3,(H,14,15,16)/t12-/m0/s1. The summed E-state index contributed by atoms with van der Waals surface area (Å²) in [4.78, 5) is 11.5. The molecule has 4 heteroatoms. The zero-order valence-electron chi connectivity index (χ0n) is 10.6. The van der Waals surface area contributed by atoms with Gasteiger partial charge in [0, 0.05) is 24.0 Å². The highest BCUT2D eigenvalue weighted by atomic mass is 15.2. The Balaban J connectivity index is 1.74. The largest absolute Gasteiger partial charge is 0.350 e. The summed E-state index contributed by atoms with van der Waals surface area (Å²) in [5.41, 5.74) is 2.09. The molecule has 3 saturated heterocycles. The molecule has 92 valence electrons. The minimum Gasteiger partial charge on any atom is -0.350 e. The maximum atomic E-state index is 4.47. The van der Waals surface area contributed by atoms with E-state index >= 15 is 0 Å². The number of aromatic nitrogens is 2. The Morgan fingerprint density at radius 2 is 1.82 bits per heavy atom. The maximum absolute atomic E-state index is 4.47. The molecule has 1 aromatic heterocycles. The molecule has 0 aromatic carbocycles. The monoisotopic (exact) mass is 232 g/mol. The summed E-state index contributed by atoms with van der Waals surface area (Å²) in [6.07, 6.45) is 2.64. The van der Waals surface area contributed by atoms with Crippen LogP contribution in [0.1, 0.15) is 24.2 Å². The van der Waals surface area contributed by atoms with Crippen molar-refractivity contribution >= 4 is 5.95 Å². The van der Waals surface area contributed by atoms with E-state index in [-0.39, 0.29) is 0 Å². The first kappa shape index (κ1) is 11.0. The summed E-state index contributed by atoms with van der Waals surface area (Å²) in [7, 11) is 0. The molecule has 3 aliphatic heterocycles. The van der Waals surface area contributed by atoms with E-state index in [2.05, 4.69) is 20.2 Å². The van der Waals surface area contributed by atoms with Crippen molar-refractivity contribution in [2.75, 3.05) is 25.0 Å². The Kier molecular flexibility index (Phi) is 2.74. The SMILES string of the molecule is Cc1cc(C)nc(N[C@H]2CN3CCC2CC3)n1. The predicted octanol–water partition coefficient (Wildman–Crippen LogP) is 1.60. The van der Waals surface area contributed by atoms with Gasteiger partial charge in [-0.3, -0.25) is 0 Å². The van der Waals surface area contributed by atoms with Gasteiger partial charge in [-0.05, 0) is 51.8 Å². The molecular formula is C13H20N4. The van der Waals surface area contributed by atoms with Crippen molar-refractivity contribution in [3.05, 3.63) is 17.5 Å². The van der Waals surface area contributed by atoms with Gasteiger partial charge in [-0.1, -0.05) is 0 Å². The van der Waals surface area contributed by atoms with Crippen LogP contribution in [0.4, 0.5) is 5.95 Å². The lowest BCUT2D eigenvalue weighted by atomic mass is 9.84. The molecule has 0 spiro atoms. The molecule has 0 aliphatic carbocycles. The van der Waals surface area contributed by atoms with Gasteiger partial charge in [0.1, 0.15) is 0 Å². The average Bonchev–Trinajstić information content (AvgIpc) is 2.29. The summed E-state index contributed by atoms with van der Waals surface area (Å²) in [5.74, 6) is 1.62. The molecule has 3 aliphatic rings. The number of rotatable bonds is 2. The molecule has 4 nitrogen and oxygen atoms in total. The van der Waals surface area contributed by atoms with Crippen molar-refractivity contribution in [2.24, 2.45) is 5.92 Å². The first-order valence-corrected chi connectivity index (χ1v) is 6.52. The molecule has 2 bridgehead atoms. The molecule has 0 unspecified atom stereocenters. The second-order valence-electron chi connectivity index (χ2n) is 5.36. The van der Waals surface area contributed by atoms with Gasteiger partial charge in [-0.15, -0.1) is 0 Å². The van der Waals surface area contributed by atoms with Crippen molar-refractivity contribution in [3.8, 4) is 0 Å². The highest BCUT2D eigenvalue weighted by Crippen LogP contribution is 2.29. The van der Waals surface area contributed by atoms with Gasteiger partial charge >= 0.3 is 0 Å². The Morgan fingerprint density at radius 1 is 1.18 bits per heavy atom. The van der Waals surface area contributed by atoms with Crippen molar-refractivity contribution in [2.45, 2.75) is 32.7 Å². The summed E-state index contributed by atoms with van der Waals surface area (Å²) in [5, 5.41) is 3.53. The van der Waals surface area contributed by atoms with Gasteiger partial charge in [0.05, 0.1) is 0 Å². The summed E-state index contributed by atoms with van der Waals surface area (Å²) >= 11 is 0. The zero-order valence-corrected chi connectivity index (χ0v) is 10.6. The fourth-order valence-electron chi connectivity index (χ4n) is 3.08. The maximum Gasteiger partial charge on any atom is 0.223 e. The molecule has 17 heavy (non-hydrogen) atoms. The molecular weight excluding hydrogens is 212 g/mol. The highest BCUT2D eigenvalue weighted by Gasteiger charge is 2.34. The van der Waals surface area contributed by atoms with Crippen LogP contribution < -0.4 is 5.32 Å². The number of hydrogen-bond acceptors (Lipinski definition) is 4. The van der Waals surface area contributed by atoms with Crippen LogP contribution in [0, 0.1) is 19.8 Å². The molecule has 0 saturated carbocycles. The van der Waals surface area contributed by atoms with Gasteiger partial charge in [-0.2, -0.15) is 0 Å². The summed E-state index contributed by atoms with van der Waals surface area (Å²) in [6, 6.07) is 2.56. The number of piperidine rings is 3. The molecule has 4 rings (SSSR count). The van der Waals surface area contributed by atoms with Crippen LogP contribution in [-0.4, -0.2) is 40.5 Å².